The molecule has 0 saturated carbocycles. The highest BCUT2D eigenvalue weighted by Crippen LogP contribution is 2.43. The van der Waals surface area contributed by atoms with Crippen LogP contribution < -0.4 is 5.73 Å². The molecule has 3 rings (SSSR count). The number of carbonyl (C=O) groups is 1. The maximum Gasteiger partial charge on any atom is 0.266 e. The lowest BCUT2D eigenvalue weighted by atomic mass is 10.2. The van der Waals surface area contributed by atoms with Gasteiger partial charge in [-0.25, -0.2) is 0 Å². The second-order valence-corrected chi connectivity index (χ2v) is 6.81. The molecule has 0 radical (unpaired) electrons. The number of amides is 1. The summed E-state index contributed by atoms with van der Waals surface area (Å²) in [6, 6.07) is 10.5. The second-order valence-electron chi connectivity index (χ2n) is 4.54. The van der Waals surface area contributed by atoms with E-state index >= 15 is 0 Å². The molecule has 1 heterocycles. The minimum atomic E-state index is -0.557. The average molecular weight is 372 g/mol. The molecule has 112 valence electrons. The van der Waals surface area contributed by atoms with Crippen molar-refractivity contribution in [3.8, 4) is 0 Å². The molecular weight excluding hydrogens is 363 g/mol. The summed E-state index contributed by atoms with van der Waals surface area (Å²) >= 11 is 19.7. The molecule has 0 atom stereocenters. The van der Waals surface area contributed by atoms with E-state index in [9.17, 15) is 4.79 Å². The number of benzene rings is 2. The summed E-state index contributed by atoms with van der Waals surface area (Å²) in [5.74, 6) is -0.557. The number of H-pyrrole nitrogens is 1. The van der Waals surface area contributed by atoms with Crippen molar-refractivity contribution in [2.45, 2.75) is 9.79 Å². The molecule has 0 unspecified atom stereocenters. The number of nitrogens with two attached hydrogens (primary N) is 1. The van der Waals surface area contributed by atoms with E-state index in [1.165, 1.54) is 11.8 Å². The third-order valence-corrected chi connectivity index (χ3v) is 5.44. The third-order valence-electron chi connectivity index (χ3n) is 3.08. The number of aromatic nitrogens is 1. The van der Waals surface area contributed by atoms with E-state index in [4.69, 9.17) is 40.5 Å². The van der Waals surface area contributed by atoms with Crippen molar-refractivity contribution in [3.63, 3.8) is 0 Å². The van der Waals surface area contributed by atoms with Gasteiger partial charge in [-0.2, -0.15) is 0 Å². The SMILES string of the molecule is NC(=O)c1[nH]c2ccc(Cl)cc2c1Sc1c(Cl)cccc1Cl. The number of aromatic amines is 1. The number of rotatable bonds is 3. The molecule has 0 aliphatic rings. The van der Waals surface area contributed by atoms with Gasteiger partial charge in [0.25, 0.3) is 5.91 Å². The lowest BCUT2D eigenvalue weighted by molar-refractivity contribution is 0.0993. The lowest BCUT2D eigenvalue weighted by Crippen LogP contribution is -2.12. The first kappa shape index (κ1) is 15.6. The summed E-state index contributed by atoms with van der Waals surface area (Å²) in [6.45, 7) is 0. The quantitative estimate of drug-likeness (QED) is 0.649. The zero-order valence-electron chi connectivity index (χ0n) is 11.0. The molecule has 2 aromatic carbocycles. The highest BCUT2D eigenvalue weighted by Gasteiger charge is 2.19. The Morgan fingerprint density at radius 1 is 1.05 bits per heavy atom. The van der Waals surface area contributed by atoms with Crippen molar-refractivity contribution in [1.82, 2.24) is 4.98 Å². The molecule has 0 saturated heterocycles. The maximum atomic E-state index is 11.7. The smallest absolute Gasteiger partial charge is 0.266 e. The first-order chi connectivity index (χ1) is 10.5. The Balaban J connectivity index is 2.22. The van der Waals surface area contributed by atoms with E-state index in [0.717, 1.165) is 10.9 Å². The van der Waals surface area contributed by atoms with Crippen LogP contribution in [0.4, 0.5) is 0 Å². The van der Waals surface area contributed by atoms with Crippen LogP contribution in [-0.4, -0.2) is 10.9 Å². The van der Waals surface area contributed by atoms with Crippen LogP contribution in [-0.2, 0) is 0 Å². The topological polar surface area (TPSA) is 58.9 Å². The Morgan fingerprint density at radius 3 is 2.36 bits per heavy atom. The normalized spacial score (nSPS) is 11.0. The van der Waals surface area contributed by atoms with Crippen LogP contribution in [0.1, 0.15) is 10.5 Å². The van der Waals surface area contributed by atoms with E-state index in [1.54, 1.807) is 36.4 Å². The molecule has 22 heavy (non-hydrogen) atoms. The fourth-order valence-electron chi connectivity index (χ4n) is 2.10. The van der Waals surface area contributed by atoms with Crippen molar-refractivity contribution >= 4 is 63.4 Å². The summed E-state index contributed by atoms with van der Waals surface area (Å²) < 4.78 is 0. The summed E-state index contributed by atoms with van der Waals surface area (Å²) in [6.07, 6.45) is 0. The number of nitrogens with one attached hydrogen (secondary N) is 1. The summed E-state index contributed by atoms with van der Waals surface area (Å²) in [4.78, 5) is 16.0. The Morgan fingerprint density at radius 2 is 1.73 bits per heavy atom. The van der Waals surface area contributed by atoms with Gasteiger partial charge in [0.2, 0.25) is 0 Å². The van der Waals surface area contributed by atoms with Gasteiger partial charge >= 0.3 is 0 Å². The van der Waals surface area contributed by atoms with Gasteiger partial charge in [0.15, 0.2) is 0 Å². The van der Waals surface area contributed by atoms with Gasteiger partial charge in [-0.1, -0.05) is 52.6 Å². The Labute approximate surface area is 145 Å². The minimum absolute atomic E-state index is 0.304. The lowest BCUT2D eigenvalue weighted by Gasteiger charge is -2.07. The van der Waals surface area contributed by atoms with E-state index in [-0.39, 0.29) is 0 Å². The molecule has 0 aliphatic heterocycles. The summed E-state index contributed by atoms with van der Waals surface area (Å²) in [5.41, 5.74) is 6.54. The zero-order valence-corrected chi connectivity index (χ0v) is 14.1. The Bertz CT molecular complexity index is 872. The fraction of sp³-hybridized carbons (Fsp3) is 0. The van der Waals surface area contributed by atoms with E-state index in [0.29, 0.717) is 30.6 Å². The van der Waals surface area contributed by atoms with Crippen molar-refractivity contribution < 1.29 is 4.79 Å². The predicted octanol–water partition coefficient (Wildman–Crippen LogP) is 5.38. The Kier molecular flexibility index (Phi) is 4.28. The molecule has 0 bridgehead atoms. The molecule has 0 fully saturated rings. The highest BCUT2D eigenvalue weighted by molar-refractivity contribution is 8.00. The minimum Gasteiger partial charge on any atom is -0.364 e. The average Bonchev–Trinajstić information content (AvgIpc) is 2.81. The van der Waals surface area contributed by atoms with Crippen molar-refractivity contribution in [3.05, 3.63) is 57.2 Å². The molecular formula is C15H9Cl3N2OS. The van der Waals surface area contributed by atoms with Gasteiger partial charge in [0.1, 0.15) is 5.69 Å². The number of primary amides is 1. The van der Waals surface area contributed by atoms with Gasteiger partial charge in [-0.05, 0) is 30.3 Å². The number of hydrogen-bond donors (Lipinski definition) is 2. The maximum absolute atomic E-state index is 11.7. The van der Waals surface area contributed by atoms with Crippen LogP contribution in [0.5, 0.6) is 0 Å². The molecule has 1 amide bonds. The first-order valence-corrected chi connectivity index (χ1v) is 8.15. The molecule has 7 heteroatoms. The van der Waals surface area contributed by atoms with Gasteiger partial charge in [-0.15, -0.1) is 0 Å². The van der Waals surface area contributed by atoms with Crippen LogP contribution in [0, 0.1) is 0 Å². The molecule has 0 spiro atoms. The van der Waals surface area contributed by atoms with Crippen LogP contribution in [0.25, 0.3) is 10.9 Å². The van der Waals surface area contributed by atoms with E-state index in [1.807, 2.05) is 0 Å². The largest absolute Gasteiger partial charge is 0.364 e. The molecule has 3 N–H and O–H groups in total. The molecule has 3 aromatic rings. The highest BCUT2D eigenvalue weighted by atomic mass is 35.5. The number of halogens is 3. The molecule has 3 nitrogen and oxygen atoms in total. The van der Waals surface area contributed by atoms with E-state index < -0.39 is 5.91 Å². The van der Waals surface area contributed by atoms with Crippen molar-refractivity contribution in [2.24, 2.45) is 5.73 Å². The summed E-state index contributed by atoms with van der Waals surface area (Å²) in [5, 5.41) is 2.37. The van der Waals surface area contributed by atoms with Crippen LogP contribution in [0.3, 0.4) is 0 Å². The van der Waals surface area contributed by atoms with Gasteiger partial charge in [0, 0.05) is 20.8 Å². The van der Waals surface area contributed by atoms with Gasteiger partial charge in [-0.3, -0.25) is 4.79 Å². The molecule has 1 aromatic heterocycles. The first-order valence-electron chi connectivity index (χ1n) is 6.20. The molecule has 0 aliphatic carbocycles. The third kappa shape index (κ3) is 2.79. The predicted molar refractivity (Wildman–Crippen MR) is 92.4 cm³/mol. The van der Waals surface area contributed by atoms with Crippen LogP contribution >= 0.6 is 46.6 Å². The monoisotopic (exact) mass is 370 g/mol. The van der Waals surface area contributed by atoms with Crippen LogP contribution in [0.15, 0.2) is 46.2 Å². The number of carbonyl (C=O) groups excluding carboxylic acids is 1. The van der Waals surface area contributed by atoms with Crippen molar-refractivity contribution in [2.75, 3.05) is 0 Å². The zero-order chi connectivity index (χ0) is 15.9. The summed E-state index contributed by atoms with van der Waals surface area (Å²) in [7, 11) is 0. The van der Waals surface area contributed by atoms with Gasteiger partial charge in [0.05, 0.1) is 14.9 Å². The number of hydrogen-bond acceptors (Lipinski definition) is 2. The van der Waals surface area contributed by atoms with Gasteiger partial charge < -0.3 is 10.7 Å². The van der Waals surface area contributed by atoms with Crippen LogP contribution in [0.2, 0.25) is 15.1 Å². The fourth-order valence-corrected chi connectivity index (χ4v) is 3.97. The standard InChI is InChI=1S/C15H9Cl3N2OS/c16-7-4-5-11-8(6-7)13(12(20-11)15(19)21)22-14-9(17)2-1-3-10(14)18/h1-6,20H,(H2,19,21). The Hall–Kier alpha value is -1.33. The second kappa shape index (κ2) is 6.05. The number of fused-ring (bicyclic) bond motifs is 1. The van der Waals surface area contributed by atoms with E-state index in [2.05, 4.69) is 4.98 Å². The van der Waals surface area contributed by atoms with Crippen molar-refractivity contribution in [1.29, 1.82) is 0 Å².